The second-order valence-corrected chi connectivity index (χ2v) is 13.0. The van der Waals surface area contributed by atoms with E-state index in [0.29, 0.717) is 5.92 Å². The first-order chi connectivity index (χ1) is 20.7. The van der Waals surface area contributed by atoms with E-state index in [9.17, 15) is 0 Å². The SMILES string of the molecule is Cc1ccc2c(oc3ccccc32)c1-c1n(-c2ccc(C3CCC(C4CCCCC4)CC3)cc2)c2ccccc2[n+]1C. The molecule has 0 amide bonds. The summed E-state index contributed by atoms with van der Waals surface area (Å²) in [6, 6.07) is 31.1. The van der Waals surface area contributed by atoms with E-state index in [2.05, 4.69) is 108 Å². The summed E-state index contributed by atoms with van der Waals surface area (Å²) in [6.07, 6.45) is 12.9. The molecule has 2 fully saturated rings. The molecule has 2 aliphatic rings. The molecule has 8 rings (SSSR count). The standard InChI is InChI=1S/C39H41N2O/c1-26-16-25-33-32-12-6-9-15-36(32)42-38(33)37(26)39-40(2)34-13-7-8-14-35(34)41(39)31-23-21-30(22-24-31)29-19-17-28(18-20-29)27-10-4-3-5-11-27/h6-9,12-16,21-25,27-29H,3-5,10-11,17-20H2,1-2H3/q+1. The van der Waals surface area contributed by atoms with Crippen LogP contribution in [0.25, 0.3) is 50.0 Å². The highest BCUT2D eigenvalue weighted by molar-refractivity contribution is 6.09. The van der Waals surface area contributed by atoms with Crippen LogP contribution in [0.2, 0.25) is 0 Å². The summed E-state index contributed by atoms with van der Waals surface area (Å²) in [5.41, 5.74) is 9.41. The first-order valence-electron chi connectivity index (χ1n) is 16.2. The number of aryl methyl sites for hydroxylation is 2. The lowest BCUT2D eigenvalue weighted by atomic mass is 9.70. The van der Waals surface area contributed by atoms with Crippen LogP contribution in [0.4, 0.5) is 0 Å². The normalized spacial score (nSPS) is 20.1. The number of nitrogens with zero attached hydrogens (tertiary/aromatic N) is 2. The first-order valence-corrected chi connectivity index (χ1v) is 16.2. The maximum absolute atomic E-state index is 6.58. The first kappa shape index (κ1) is 25.8. The Bertz CT molecular complexity index is 1890. The minimum atomic E-state index is 0.697. The molecule has 4 aromatic carbocycles. The van der Waals surface area contributed by atoms with Gasteiger partial charge in [0, 0.05) is 10.8 Å². The Labute approximate surface area is 248 Å². The molecular formula is C39H41N2O+. The van der Waals surface area contributed by atoms with Gasteiger partial charge in [-0.05, 0) is 91.8 Å². The zero-order valence-corrected chi connectivity index (χ0v) is 25.0. The van der Waals surface area contributed by atoms with Gasteiger partial charge in [-0.2, -0.15) is 4.57 Å². The van der Waals surface area contributed by atoms with Gasteiger partial charge in [-0.25, -0.2) is 4.57 Å². The molecule has 0 spiro atoms. The van der Waals surface area contributed by atoms with Crippen LogP contribution in [-0.2, 0) is 7.05 Å². The van der Waals surface area contributed by atoms with Gasteiger partial charge in [-0.3, -0.25) is 0 Å². The van der Waals surface area contributed by atoms with Crippen molar-refractivity contribution in [3.8, 4) is 17.1 Å². The lowest BCUT2D eigenvalue weighted by Gasteiger charge is -2.36. The largest absolute Gasteiger partial charge is 0.455 e. The van der Waals surface area contributed by atoms with Gasteiger partial charge in [-0.1, -0.05) is 86.7 Å². The van der Waals surface area contributed by atoms with Gasteiger partial charge in [0.1, 0.15) is 16.8 Å². The highest BCUT2D eigenvalue weighted by Crippen LogP contribution is 2.43. The third-order valence-electron chi connectivity index (χ3n) is 10.7. The van der Waals surface area contributed by atoms with Gasteiger partial charge in [0.15, 0.2) is 16.6 Å². The minimum absolute atomic E-state index is 0.697. The molecular weight excluding hydrogens is 512 g/mol. The number of aromatic nitrogens is 2. The third-order valence-corrected chi connectivity index (χ3v) is 10.7. The number of para-hydroxylation sites is 3. The van der Waals surface area contributed by atoms with E-state index >= 15 is 0 Å². The van der Waals surface area contributed by atoms with Crippen molar-refractivity contribution in [1.82, 2.24) is 4.57 Å². The molecule has 0 radical (unpaired) electrons. The molecule has 2 aliphatic carbocycles. The maximum atomic E-state index is 6.58. The third kappa shape index (κ3) is 4.20. The lowest BCUT2D eigenvalue weighted by molar-refractivity contribution is -0.633. The number of hydrogen-bond donors (Lipinski definition) is 0. The van der Waals surface area contributed by atoms with Gasteiger partial charge >= 0.3 is 0 Å². The summed E-state index contributed by atoms with van der Waals surface area (Å²) in [5, 5.41) is 2.34. The van der Waals surface area contributed by atoms with Gasteiger partial charge in [0.05, 0.1) is 7.05 Å². The van der Waals surface area contributed by atoms with Crippen LogP contribution in [0.15, 0.2) is 89.3 Å². The molecule has 0 N–H and O–H groups in total. The Morgan fingerprint density at radius 2 is 1.40 bits per heavy atom. The van der Waals surface area contributed by atoms with Crippen LogP contribution in [0, 0.1) is 18.8 Å². The van der Waals surface area contributed by atoms with E-state index in [4.69, 9.17) is 4.42 Å². The van der Waals surface area contributed by atoms with Crippen LogP contribution in [0.1, 0.15) is 74.8 Å². The van der Waals surface area contributed by atoms with E-state index in [-0.39, 0.29) is 0 Å². The van der Waals surface area contributed by atoms with Crippen LogP contribution >= 0.6 is 0 Å². The Morgan fingerprint density at radius 3 is 2.21 bits per heavy atom. The molecule has 212 valence electrons. The monoisotopic (exact) mass is 553 g/mol. The molecule has 0 unspecified atom stereocenters. The second-order valence-electron chi connectivity index (χ2n) is 13.0. The summed E-state index contributed by atoms with van der Waals surface area (Å²) in [4.78, 5) is 0. The van der Waals surface area contributed by atoms with Crippen molar-refractivity contribution in [1.29, 1.82) is 0 Å². The zero-order chi connectivity index (χ0) is 28.2. The highest BCUT2D eigenvalue weighted by atomic mass is 16.3. The summed E-state index contributed by atoms with van der Waals surface area (Å²) in [7, 11) is 2.19. The van der Waals surface area contributed by atoms with E-state index in [1.165, 1.54) is 96.4 Å². The highest BCUT2D eigenvalue weighted by Gasteiger charge is 2.32. The van der Waals surface area contributed by atoms with E-state index in [1.54, 1.807) is 0 Å². The van der Waals surface area contributed by atoms with Crippen molar-refractivity contribution in [2.45, 2.75) is 70.6 Å². The Morgan fingerprint density at radius 1 is 0.690 bits per heavy atom. The number of imidazole rings is 1. The van der Waals surface area contributed by atoms with Crippen molar-refractivity contribution < 1.29 is 8.98 Å². The summed E-state index contributed by atoms with van der Waals surface area (Å²) in [6.45, 7) is 2.21. The lowest BCUT2D eigenvalue weighted by Crippen LogP contribution is -2.30. The van der Waals surface area contributed by atoms with Crippen LogP contribution in [0.3, 0.4) is 0 Å². The number of rotatable bonds is 4. The average Bonchev–Trinajstić information content (AvgIpc) is 3.57. The minimum Gasteiger partial charge on any atom is -0.455 e. The fourth-order valence-corrected chi connectivity index (χ4v) is 8.45. The molecule has 0 saturated heterocycles. The van der Waals surface area contributed by atoms with Crippen LogP contribution < -0.4 is 4.57 Å². The second kappa shape index (κ2) is 10.5. The number of benzene rings is 4. The maximum Gasteiger partial charge on any atom is 0.298 e. The predicted molar refractivity (Wildman–Crippen MR) is 173 cm³/mol. The molecule has 3 nitrogen and oxygen atoms in total. The predicted octanol–water partition coefficient (Wildman–Crippen LogP) is 10.2. The fourth-order valence-electron chi connectivity index (χ4n) is 8.45. The van der Waals surface area contributed by atoms with Gasteiger partial charge in [0.25, 0.3) is 5.82 Å². The average molecular weight is 554 g/mol. The molecule has 2 aromatic heterocycles. The fraction of sp³-hybridized carbons (Fsp3) is 0.359. The van der Waals surface area contributed by atoms with Gasteiger partial charge in [-0.15, -0.1) is 0 Å². The topological polar surface area (TPSA) is 21.9 Å². The summed E-state index contributed by atoms with van der Waals surface area (Å²) in [5.74, 6) is 3.82. The van der Waals surface area contributed by atoms with Crippen LogP contribution in [-0.4, -0.2) is 4.57 Å². The summed E-state index contributed by atoms with van der Waals surface area (Å²) >= 11 is 0. The number of furan rings is 1. The van der Waals surface area contributed by atoms with E-state index in [1.807, 2.05) is 0 Å². The van der Waals surface area contributed by atoms with Crippen molar-refractivity contribution in [2.75, 3.05) is 0 Å². The molecule has 3 heteroatoms. The van der Waals surface area contributed by atoms with Gasteiger partial charge in [0.2, 0.25) is 0 Å². The summed E-state index contributed by atoms with van der Waals surface area (Å²) < 4.78 is 11.4. The molecule has 0 aliphatic heterocycles. The molecule has 6 aromatic rings. The molecule has 0 atom stereocenters. The van der Waals surface area contributed by atoms with Crippen molar-refractivity contribution in [3.05, 3.63) is 96.1 Å². The molecule has 42 heavy (non-hydrogen) atoms. The van der Waals surface area contributed by atoms with Crippen molar-refractivity contribution in [2.24, 2.45) is 18.9 Å². The molecule has 2 saturated carbocycles. The number of hydrogen-bond acceptors (Lipinski definition) is 1. The Kier molecular flexibility index (Phi) is 6.43. The molecule has 2 heterocycles. The van der Waals surface area contributed by atoms with E-state index in [0.717, 1.165) is 34.4 Å². The smallest absolute Gasteiger partial charge is 0.298 e. The zero-order valence-electron chi connectivity index (χ0n) is 25.0. The van der Waals surface area contributed by atoms with Crippen LogP contribution in [0.5, 0.6) is 0 Å². The van der Waals surface area contributed by atoms with E-state index < -0.39 is 0 Å². The van der Waals surface area contributed by atoms with Crippen molar-refractivity contribution >= 4 is 33.0 Å². The number of fused-ring (bicyclic) bond motifs is 4. The Balaban J connectivity index is 1.20. The quantitative estimate of drug-likeness (QED) is 0.199. The Hall–Kier alpha value is -3.85. The molecule has 0 bridgehead atoms. The van der Waals surface area contributed by atoms with Crippen molar-refractivity contribution in [3.63, 3.8) is 0 Å². The van der Waals surface area contributed by atoms with Gasteiger partial charge < -0.3 is 4.42 Å².